The van der Waals surface area contributed by atoms with E-state index in [1.54, 1.807) is 0 Å². The van der Waals surface area contributed by atoms with Crippen LogP contribution < -0.4 is 10.4 Å². The lowest BCUT2D eigenvalue weighted by molar-refractivity contribution is -0.142. The van der Waals surface area contributed by atoms with E-state index < -0.39 is 6.04 Å². The number of benzene rings is 3. The van der Waals surface area contributed by atoms with E-state index in [9.17, 15) is 4.79 Å². The van der Waals surface area contributed by atoms with Crippen molar-refractivity contribution >= 4 is 17.3 Å². The zero-order valence-electron chi connectivity index (χ0n) is 14.8. The van der Waals surface area contributed by atoms with Crippen LogP contribution in [0.25, 0.3) is 0 Å². The number of anilines is 2. The molecule has 1 aliphatic heterocycles. The molecule has 3 aromatic rings. The van der Waals surface area contributed by atoms with Crippen molar-refractivity contribution in [1.82, 2.24) is 5.43 Å². The van der Waals surface area contributed by atoms with Crippen LogP contribution in [0.1, 0.15) is 17.0 Å². The summed E-state index contributed by atoms with van der Waals surface area (Å²) in [5.74, 6) is -0.153. The van der Waals surface area contributed by atoms with E-state index >= 15 is 0 Å². The Hall–Kier alpha value is -3.11. The minimum atomic E-state index is -0.418. The summed E-state index contributed by atoms with van der Waals surface area (Å²) in [5.41, 5.74) is 7.92. The van der Waals surface area contributed by atoms with Crippen molar-refractivity contribution in [3.63, 3.8) is 0 Å². The van der Waals surface area contributed by atoms with Crippen molar-refractivity contribution in [1.29, 1.82) is 0 Å². The molecule has 4 heteroatoms. The number of carbonyl (C=O) groups excluding carboxylic acids is 1. The Morgan fingerprint density at radius 3 is 2.07 bits per heavy atom. The first kappa shape index (κ1) is 16.1. The molecule has 1 fully saturated rings. The summed E-state index contributed by atoms with van der Waals surface area (Å²) in [5, 5.41) is 1.98. The molecular weight excluding hydrogens is 336 g/mol. The molecule has 1 saturated heterocycles. The van der Waals surface area contributed by atoms with Crippen molar-refractivity contribution in [3.05, 3.63) is 96.1 Å². The number of nitrogens with one attached hydrogen (secondary N) is 1. The third kappa shape index (κ3) is 2.78. The summed E-state index contributed by atoms with van der Waals surface area (Å²) >= 11 is 0. The number of hydrogen-bond acceptors (Lipinski definition) is 4. The zero-order chi connectivity index (χ0) is 18.2. The van der Waals surface area contributed by atoms with Crippen LogP contribution in [-0.4, -0.2) is 18.1 Å². The van der Waals surface area contributed by atoms with Gasteiger partial charge >= 0.3 is 5.97 Å². The maximum Gasteiger partial charge on any atom is 0.326 e. The summed E-state index contributed by atoms with van der Waals surface area (Å²) in [6, 6.07) is 28.0. The molecule has 0 radical (unpaired) electrons. The predicted octanol–water partition coefficient (Wildman–Crippen LogP) is 3.96. The molecule has 2 aliphatic rings. The molecule has 0 spiro atoms. The van der Waals surface area contributed by atoms with Crippen LogP contribution in [0.5, 0.6) is 0 Å². The van der Waals surface area contributed by atoms with Gasteiger partial charge in [0.25, 0.3) is 0 Å². The van der Waals surface area contributed by atoms with E-state index in [1.165, 1.54) is 11.1 Å². The number of para-hydroxylation sites is 2. The number of esters is 1. The van der Waals surface area contributed by atoms with Crippen molar-refractivity contribution in [2.75, 3.05) is 5.01 Å². The van der Waals surface area contributed by atoms with Gasteiger partial charge in [-0.2, -0.15) is 0 Å². The molecule has 0 amide bonds. The number of nitrogens with zero attached hydrogens (tertiary/aromatic N) is 1. The van der Waals surface area contributed by atoms with Gasteiger partial charge < -0.3 is 4.74 Å². The van der Waals surface area contributed by atoms with Crippen molar-refractivity contribution in [2.45, 2.75) is 24.5 Å². The van der Waals surface area contributed by atoms with E-state index in [0.717, 1.165) is 17.8 Å². The Balaban J connectivity index is 1.52. The molecule has 27 heavy (non-hydrogen) atoms. The fraction of sp³-hybridized carbons (Fsp3) is 0.174. The van der Waals surface area contributed by atoms with Gasteiger partial charge in [-0.1, -0.05) is 60.7 Å². The molecule has 0 saturated carbocycles. The SMILES string of the molecule is O=C1O[C@H]2Cc3ccccc3[C@H]2[C@H]1NN(c1ccccc1)c1ccccc1. The lowest BCUT2D eigenvalue weighted by atomic mass is 9.94. The van der Waals surface area contributed by atoms with Crippen LogP contribution in [-0.2, 0) is 16.0 Å². The zero-order valence-corrected chi connectivity index (χ0v) is 14.8. The molecule has 1 N–H and O–H groups in total. The van der Waals surface area contributed by atoms with Gasteiger partial charge in [-0.25, -0.2) is 5.43 Å². The molecule has 3 atom stereocenters. The quantitative estimate of drug-likeness (QED) is 0.567. The average Bonchev–Trinajstić information content (AvgIpc) is 3.22. The summed E-state index contributed by atoms with van der Waals surface area (Å²) in [7, 11) is 0. The van der Waals surface area contributed by atoms with Gasteiger partial charge in [0.1, 0.15) is 12.1 Å². The first-order chi connectivity index (χ1) is 13.3. The first-order valence-electron chi connectivity index (χ1n) is 9.26. The normalized spacial score (nSPS) is 22.8. The van der Waals surface area contributed by atoms with Crippen LogP contribution in [0.3, 0.4) is 0 Å². The van der Waals surface area contributed by atoms with Crippen LogP contribution in [0.2, 0.25) is 0 Å². The summed E-state index contributed by atoms with van der Waals surface area (Å²) in [4.78, 5) is 12.7. The van der Waals surface area contributed by atoms with Gasteiger partial charge in [0.05, 0.1) is 11.4 Å². The van der Waals surface area contributed by atoms with Crippen molar-refractivity contribution in [2.24, 2.45) is 0 Å². The van der Waals surface area contributed by atoms with Crippen molar-refractivity contribution in [3.8, 4) is 0 Å². The molecule has 1 heterocycles. The maximum absolute atomic E-state index is 12.7. The largest absolute Gasteiger partial charge is 0.460 e. The number of hydrazine groups is 1. The number of fused-ring (bicyclic) bond motifs is 3. The van der Waals surface area contributed by atoms with E-state index in [2.05, 4.69) is 17.6 Å². The Bertz CT molecular complexity index is 919. The van der Waals surface area contributed by atoms with Crippen LogP contribution in [0, 0.1) is 0 Å². The molecule has 5 rings (SSSR count). The van der Waals surface area contributed by atoms with Gasteiger partial charge in [0.2, 0.25) is 0 Å². The minimum Gasteiger partial charge on any atom is -0.460 e. The highest BCUT2D eigenvalue weighted by Crippen LogP contribution is 2.42. The smallest absolute Gasteiger partial charge is 0.326 e. The lowest BCUT2D eigenvalue weighted by Gasteiger charge is -2.29. The third-order valence-corrected chi connectivity index (χ3v) is 5.41. The second-order valence-corrected chi connectivity index (χ2v) is 7.02. The lowest BCUT2D eigenvalue weighted by Crippen LogP contribution is -2.47. The molecular formula is C23H20N2O2. The summed E-state index contributed by atoms with van der Waals surface area (Å²) < 4.78 is 5.72. The molecule has 0 aromatic heterocycles. The topological polar surface area (TPSA) is 41.6 Å². The highest BCUT2D eigenvalue weighted by atomic mass is 16.6. The highest BCUT2D eigenvalue weighted by Gasteiger charge is 2.50. The molecule has 3 aromatic carbocycles. The number of rotatable bonds is 4. The second-order valence-electron chi connectivity index (χ2n) is 7.02. The number of ether oxygens (including phenoxy) is 1. The molecule has 1 aliphatic carbocycles. The van der Waals surface area contributed by atoms with Gasteiger partial charge in [0.15, 0.2) is 0 Å². The highest BCUT2D eigenvalue weighted by molar-refractivity contribution is 5.82. The second kappa shape index (κ2) is 6.56. The van der Waals surface area contributed by atoms with E-state index in [4.69, 9.17) is 4.74 Å². The van der Waals surface area contributed by atoms with Crippen LogP contribution in [0.15, 0.2) is 84.9 Å². The Morgan fingerprint density at radius 1 is 0.815 bits per heavy atom. The summed E-state index contributed by atoms with van der Waals surface area (Å²) in [6.07, 6.45) is 0.710. The fourth-order valence-corrected chi connectivity index (χ4v) is 4.19. The molecule has 0 bridgehead atoms. The van der Waals surface area contributed by atoms with Crippen molar-refractivity contribution < 1.29 is 9.53 Å². The maximum atomic E-state index is 12.7. The minimum absolute atomic E-state index is 0.0311. The van der Waals surface area contributed by atoms with E-state index in [1.807, 2.05) is 77.8 Å². The molecule has 134 valence electrons. The van der Waals surface area contributed by atoms with Gasteiger partial charge in [-0.15, -0.1) is 0 Å². The van der Waals surface area contributed by atoms with Crippen LogP contribution in [0.4, 0.5) is 11.4 Å². The third-order valence-electron chi connectivity index (χ3n) is 5.41. The van der Waals surface area contributed by atoms with Gasteiger partial charge in [0, 0.05) is 12.3 Å². The van der Waals surface area contributed by atoms with E-state index in [-0.39, 0.29) is 18.0 Å². The Labute approximate surface area is 158 Å². The molecule has 4 nitrogen and oxygen atoms in total. The standard InChI is InChI=1S/C23H20N2O2/c26-23-22(21-19-14-8-7-9-16(19)15-20(21)27-23)24-25(17-10-3-1-4-11-17)18-12-5-2-6-13-18/h1-14,20-22,24H,15H2/t20-,21+,22+/m0/s1. The fourth-order valence-electron chi connectivity index (χ4n) is 4.19. The molecule has 0 unspecified atom stereocenters. The summed E-state index contributed by atoms with van der Waals surface area (Å²) in [6.45, 7) is 0. The van der Waals surface area contributed by atoms with Crippen LogP contribution >= 0.6 is 0 Å². The first-order valence-corrected chi connectivity index (χ1v) is 9.26. The Kier molecular flexibility index (Phi) is 3.91. The van der Waals surface area contributed by atoms with Gasteiger partial charge in [-0.3, -0.25) is 9.80 Å². The Morgan fingerprint density at radius 2 is 1.41 bits per heavy atom. The monoisotopic (exact) mass is 356 g/mol. The predicted molar refractivity (Wildman–Crippen MR) is 105 cm³/mol. The van der Waals surface area contributed by atoms with E-state index in [0.29, 0.717) is 0 Å². The van der Waals surface area contributed by atoms with Gasteiger partial charge in [-0.05, 0) is 35.4 Å². The number of carbonyl (C=O) groups is 1. The number of hydrogen-bond donors (Lipinski definition) is 1. The average molecular weight is 356 g/mol.